The van der Waals surface area contributed by atoms with E-state index in [1.165, 1.54) is 6.92 Å². The van der Waals surface area contributed by atoms with Crippen LogP contribution in [0.5, 0.6) is 0 Å². The Morgan fingerprint density at radius 2 is 1.44 bits per heavy atom. The van der Waals surface area contributed by atoms with E-state index in [0.29, 0.717) is 10.9 Å². The number of carbonyl (C=O) groups is 2. The smallest absolute Gasteiger partial charge is 0.243 e. The highest BCUT2D eigenvalue weighted by Crippen LogP contribution is 2.19. The Kier molecular flexibility index (Phi) is 5.00. The first-order valence-corrected chi connectivity index (χ1v) is 8.02. The Balaban J connectivity index is 1.72. The van der Waals surface area contributed by atoms with Crippen molar-refractivity contribution in [3.8, 4) is 11.1 Å². The van der Waals surface area contributed by atoms with Crippen molar-refractivity contribution in [1.29, 1.82) is 0 Å². The predicted octanol–water partition coefficient (Wildman–Crippen LogP) is 3.49. The lowest BCUT2D eigenvalue weighted by molar-refractivity contribution is -0.116. The fourth-order valence-corrected chi connectivity index (χ4v) is 2.55. The van der Waals surface area contributed by atoms with Crippen molar-refractivity contribution in [3.05, 3.63) is 90.0 Å². The van der Waals surface area contributed by atoms with E-state index < -0.39 is 0 Å². The summed E-state index contributed by atoms with van der Waals surface area (Å²) in [5, 5.41) is 0.586. The first-order valence-electron chi connectivity index (χ1n) is 8.02. The lowest BCUT2D eigenvalue weighted by Gasteiger charge is -2.07. The van der Waals surface area contributed by atoms with Gasteiger partial charge in [0.25, 0.3) is 0 Å². The quantitative estimate of drug-likeness (QED) is 0.688. The van der Waals surface area contributed by atoms with Gasteiger partial charge < -0.3 is 4.57 Å². The third-order valence-electron chi connectivity index (χ3n) is 3.80. The maximum absolute atomic E-state index is 12.4. The van der Waals surface area contributed by atoms with E-state index in [4.69, 9.17) is 0 Å². The molecule has 0 spiro atoms. The van der Waals surface area contributed by atoms with E-state index in [9.17, 15) is 9.59 Å². The van der Waals surface area contributed by atoms with Crippen LogP contribution in [-0.2, 0) is 11.3 Å². The van der Waals surface area contributed by atoms with Crippen LogP contribution in [0.15, 0.2) is 84.1 Å². The van der Waals surface area contributed by atoms with Crippen molar-refractivity contribution in [3.63, 3.8) is 0 Å². The second-order valence-electron chi connectivity index (χ2n) is 5.73. The van der Waals surface area contributed by atoms with Gasteiger partial charge in [-0.1, -0.05) is 54.6 Å². The maximum atomic E-state index is 12.4. The molecule has 0 saturated carbocycles. The second-order valence-corrected chi connectivity index (χ2v) is 5.73. The number of nitrogens with zero attached hydrogens (tertiary/aromatic N) is 2. The topological polar surface area (TPSA) is 51.4 Å². The van der Waals surface area contributed by atoms with Crippen molar-refractivity contribution >= 4 is 11.7 Å². The Morgan fingerprint density at radius 3 is 2.04 bits per heavy atom. The minimum atomic E-state index is -0.243. The van der Waals surface area contributed by atoms with Gasteiger partial charge in [0, 0.05) is 24.9 Å². The summed E-state index contributed by atoms with van der Waals surface area (Å²) < 4.78 is 1.77. The molecule has 0 N–H and O–H groups in total. The average Bonchev–Trinajstić information content (AvgIpc) is 2.64. The molecule has 4 heteroatoms. The van der Waals surface area contributed by atoms with Gasteiger partial charge in [-0.05, 0) is 23.3 Å². The summed E-state index contributed by atoms with van der Waals surface area (Å²) in [4.78, 5) is 27.2. The van der Waals surface area contributed by atoms with Crippen LogP contribution in [0.1, 0.15) is 17.3 Å². The third kappa shape index (κ3) is 4.38. The zero-order chi connectivity index (χ0) is 17.6. The Labute approximate surface area is 146 Å². The SMILES string of the molecule is CC(=O)N=c1ccn(CC(=O)c2ccc(-c3ccccc3)cc2)cc1. The average molecular weight is 330 g/mol. The van der Waals surface area contributed by atoms with Crippen molar-refractivity contribution < 1.29 is 9.59 Å². The molecule has 0 aliphatic carbocycles. The molecule has 0 aliphatic heterocycles. The Hall–Kier alpha value is -3.27. The fourth-order valence-electron chi connectivity index (χ4n) is 2.55. The number of aromatic nitrogens is 1. The summed E-state index contributed by atoms with van der Waals surface area (Å²) in [5.41, 5.74) is 2.88. The standard InChI is InChI=1S/C21H18N2O2/c1-16(24)22-20-11-13-23(14-12-20)15-21(25)19-9-7-18(8-10-19)17-5-3-2-4-6-17/h2-14H,15H2,1H3. The van der Waals surface area contributed by atoms with E-state index in [1.807, 2.05) is 54.6 Å². The van der Waals surface area contributed by atoms with Crippen LogP contribution in [-0.4, -0.2) is 16.3 Å². The fraction of sp³-hybridized carbons (Fsp3) is 0.0952. The number of ketones is 1. The molecule has 3 aromatic rings. The summed E-state index contributed by atoms with van der Waals surface area (Å²) >= 11 is 0. The summed E-state index contributed by atoms with van der Waals surface area (Å²) in [6, 6.07) is 21.1. The minimum absolute atomic E-state index is 0.0286. The van der Waals surface area contributed by atoms with Crippen molar-refractivity contribution in [2.45, 2.75) is 13.5 Å². The van der Waals surface area contributed by atoms with Crippen LogP contribution in [0.2, 0.25) is 0 Å². The molecule has 0 aliphatic rings. The van der Waals surface area contributed by atoms with E-state index in [2.05, 4.69) is 4.99 Å². The first-order chi connectivity index (χ1) is 12.1. The molecule has 124 valence electrons. The van der Waals surface area contributed by atoms with Gasteiger partial charge in [-0.2, -0.15) is 0 Å². The van der Waals surface area contributed by atoms with Gasteiger partial charge in [0.05, 0.1) is 11.9 Å². The molecule has 2 aromatic carbocycles. The molecule has 0 radical (unpaired) electrons. The molecule has 1 amide bonds. The van der Waals surface area contributed by atoms with E-state index in [0.717, 1.165) is 11.1 Å². The van der Waals surface area contributed by atoms with Crippen LogP contribution >= 0.6 is 0 Å². The van der Waals surface area contributed by atoms with Gasteiger partial charge in [0.1, 0.15) is 0 Å². The van der Waals surface area contributed by atoms with Crippen LogP contribution in [0, 0.1) is 0 Å². The van der Waals surface area contributed by atoms with Gasteiger partial charge in [-0.3, -0.25) is 9.59 Å². The highest BCUT2D eigenvalue weighted by Gasteiger charge is 2.06. The van der Waals surface area contributed by atoms with Crippen molar-refractivity contribution in [1.82, 2.24) is 4.57 Å². The van der Waals surface area contributed by atoms with Gasteiger partial charge in [0.15, 0.2) is 5.78 Å². The maximum Gasteiger partial charge on any atom is 0.243 e. The van der Waals surface area contributed by atoms with Crippen LogP contribution in [0.4, 0.5) is 0 Å². The normalized spacial score (nSPS) is 10.3. The van der Waals surface area contributed by atoms with Gasteiger partial charge >= 0.3 is 0 Å². The predicted molar refractivity (Wildman–Crippen MR) is 96.9 cm³/mol. The van der Waals surface area contributed by atoms with Gasteiger partial charge in [-0.15, -0.1) is 0 Å². The number of hydrogen-bond acceptors (Lipinski definition) is 2. The molecule has 3 rings (SSSR count). The Bertz CT molecular complexity index is 935. The number of amides is 1. The summed E-state index contributed by atoms with van der Waals surface area (Å²) in [7, 11) is 0. The zero-order valence-electron chi connectivity index (χ0n) is 13.9. The monoisotopic (exact) mass is 330 g/mol. The van der Waals surface area contributed by atoms with Crippen LogP contribution < -0.4 is 5.36 Å². The number of Topliss-reactive ketones (excluding diaryl/α,β-unsaturated/α-hetero) is 1. The Morgan fingerprint density at radius 1 is 0.840 bits per heavy atom. The lowest BCUT2D eigenvalue weighted by Crippen LogP contribution is -2.13. The number of benzene rings is 2. The molecular weight excluding hydrogens is 312 g/mol. The largest absolute Gasteiger partial charge is 0.346 e. The highest BCUT2D eigenvalue weighted by molar-refractivity contribution is 5.96. The van der Waals surface area contributed by atoms with Crippen molar-refractivity contribution in [2.75, 3.05) is 0 Å². The third-order valence-corrected chi connectivity index (χ3v) is 3.80. The molecule has 0 atom stereocenters. The molecule has 0 unspecified atom stereocenters. The lowest BCUT2D eigenvalue weighted by atomic mass is 10.0. The minimum Gasteiger partial charge on any atom is -0.346 e. The number of rotatable bonds is 4. The van der Waals surface area contributed by atoms with Gasteiger partial charge in [0.2, 0.25) is 5.91 Å². The molecule has 0 fully saturated rings. The summed E-state index contributed by atoms with van der Waals surface area (Å²) in [6.45, 7) is 1.65. The number of carbonyl (C=O) groups excluding carboxylic acids is 2. The number of pyridine rings is 1. The highest BCUT2D eigenvalue weighted by atomic mass is 16.1. The van der Waals surface area contributed by atoms with Crippen LogP contribution in [0.25, 0.3) is 11.1 Å². The molecule has 25 heavy (non-hydrogen) atoms. The molecule has 1 heterocycles. The zero-order valence-corrected chi connectivity index (χ0v) is 13.9. The molecule has 4 nitrogen and oxygen atoms in total. The van der Waals surface area contributed by atoms with E-state index in [1.54, 1.807) is 29.1 Å². The van der Waals surface area contributed by atoms with E-state index >= 15 is 0 Å². The summed E-state index contributed by atoms with van der Waals surface area (Å²) in [6.07, 6.45) is 3.50. The molecule has 0 bridgehead atoms. The van der Waals surface area contributed by atoms with Gasteiger partial charge in [-0.25, -0.2) is 4.99 Å². The molecule has 0 saturated heterocycles. The van der Waals surface area contributed by atoms with E-state index in [-0.39, 0.29) is 18.2 Å². The van der Waals surface area contributed by atoms with Crippen molar-refractivity contribution in [2.24, 2.45) is 4.99 Å². The molecular formula is C21H18N2O2. The second kappa shape index (κ2) is 7.53. The number of hydrogen-bond donors (Lipinski definition) is 0. The molecule has 1 aromatic heterocycles. The first kappa shape index (κ1) is 16.6. The van der Waals surface area contributed by atoms with Crippen LogP contribution in [0.3, 0.4) is 0 Å². The summed E-state index contributed by atoms with van der Waals surface area (Å²) in [5.74, 6) is -0.215.